The summed E-state index contributed by atoms with van der Waals surface area (Å²) in [5, 5.41) is 0. The van der Waals surface area contributed by atoms with Gasteiger partial charge in [0.25, 0.3) is 0 Å². The summed E-state index contributed by atoms with van der Waals surface area (Å²) in [7, 11) is 0. The molecule has 1 heterocycles. The molecule has 2 nitrogen and oxygen atoms in total. The second-order valence-electron chi connectivity index (χ2n) is 6.71. The molecule has 0 aliphatic heterocycles. The largest absolute Gasteiger partial charge is 0.351 e. The third kappa shape index (κ3) is 1.91. The van der Waals surface area contributed by atoms with E-state index in [1.807, 2.05) is 0 Å². The van der Waals surface area contributed by atoms with E-state index in [4.69, 9.17) is 5.73 Å². The Kier molecular flexibility index (Phi) is 2.54. The summed E-state index contributed by atoms with van der Waals surface area (Å²) in [6, 6.07) is 2.59. The van der Waals surface area contributed by atoms with Crippen molar-refractivity contribution in [2.75, 3.05) is 0 Å². The van der Waals surface area contributed by atoms with E-state index in [-0.39, 0.29) is 0 Å². The van der Waals surface area contributed by atoms with E-state index >= 15 is 0 Å². The van der Waals surface area contributed by atoms with Crippen LogP contribution in [0.2, 0.25) is 0 Å². The quantitative estimate of drug-likeness (QED) is 0.866. The summed E-state index contributed by atoms with van der Waals surface area (Å²) in [6.45, 7) is 1.28. The summed E-state index contributed by atoms with van der Waals surface area (Å²) in [5.41, 5.74) is 9.21. The molecular weight excluding hydrogens is 220 g/mol. The van der Waals surface area contributed by atoms with Gasteiger partial charge in [-0.15, -0.1) is 0 Å². The van der Waals surface area contributed by atoms with Crippen LogP contribution in [0, 0.1) is 17.8 Å². The second-order valence-corrected chi connectivity index (χ2v) is 6.71. The molecule has 3 aliphatic carbocycles. The van der Waals surface area contributed by atoms with E-state index in [2.05, 4.69) is 16.8 Å². The van der Waals surface area contributed by atoms with Gasteiger partial charge in [0.1, 0.15) is 0 Å². The second kappa shape index (κ2) is 4.12. The highest BCUT2D eigenvalue weighted by Crippen LogP contribution is 2.50. The molecule has 1 aromatic rings. The Hall–Kier alpha value is -0.760. The molecule has 98 valence electrons. The zero-order chi connectivity index (χ0) is 12.1. The molecule has 0 spiro atoms. The van der Waals surface area contributed by atoms with Gasteiger partial charge in [-0.05, 0) is 74.3 Å². The number of nitrogens with zero attached hydrogens (tertiary/aromatic N) is 1. The van der Waals surface area contributed by atoms with E-state index in [1.54, 1.807) is 5.69 Å². The van der Waals surface area contributed by atoms with Crippen molar-refractivity contribution < 1.29 is 0 Å². The first-order chi connectivity index (χ1) is 8.83. The first-order valence-corrected chi connectivity index (χ1v) is 7.76. The van der Waals surface area contributed by atoms with Crippen molar-refractivity contribution in [2.45, 2.75) is 57.5 Å². The number of hydrogen-bond acceptors (Lipinski definition) is 1. The lowest BCUT2D eigenvalue weighted by Gasteiger charge is -2.23. The van der Waals surface area contributed by atoms with Gasteiger partial charge in [-0.25, -0.2) is 0 Å². The van der Waals surface area contributed by atoms with Gasteiger partial charge in [0.15, 0.2) is 0 Å². The Morgan fingerprint density at radius 2 is 1.89 bits per heavy atom. The molecule has 2 saturated carbocycles. The first-order valence-electron chi connectivity index (χ1n) is 7.76. The number of hydrogen-bond donors (Lipinski definition) is 1. The van der Waals surface area contributed by atoms with Crippen LogP contribution >= 0.6 is 0 Å². The number of rotatable bonds is 4. The minimum atomic E-state index is 0.301. The van der Waals surface area contributed by atoms with Crippen LogP contribution in [-0.4, -0.2) is 4.57 Å². The van der Waals surface area contributed by atoms with Gasteiger partial charge in [-0.2, -0.15) is 0 Å². The fourth-order valence-corrected chi connectivity index (χ4v) is 3.92. The predicted octanol–water partition coefficient (Wildman–Crippen LogP) is 3.26. The van der Waals surface area contributed by atoms with Crippen LogP contribution in [0.4, 0.5) is 0 Å². The van der Waals surface area contributed by atoms with Gasteiger partial charge < -0.3 is 10.3 Å². The zero-order valence-corrected chi connectivity index (χ0v) is 11.1. The van der Waals surface area contributed by atoms with Crippen LogP contribution in [0.3, 0.4) is 0 Å². The van der Waals surface area contributed by atoms with E-state index in [1.165, 1.54) is 57.1 Å². The average Bonchev–Trinajstić information content (AvgIpc) is 3.26. The lowest BCUT2D eigenvalue weighted by Crippen LogP contribution is -2.21. The molecule has 1 aromatic heterocycles. The van der Waals surface area contributed by atoms with E-state index < -0.39 is 0 Å². The minimum absolute atomic E-state index is 0.301. The molecule has 0 bridgehead atoms. The molecule has 3 aliphatic rings. The SMILES string of the molecule is NC1CCCc2c1ccn2CC(C1CC1)C1CC1. The molecule has 2 heteroatoms. The lowest BCUT2D eigenvalue weighted by atomic mass is 9.93. The topological polar surface area (TPSA) is 30.9 Å². The standard InChI is InChI=1S/C16H24N2/c17-15-2-1-3-16-13(15)8-9-18(16)10-14(11-4-5-11)12-6-7-12/h8-9,11-12,14-15H,1-7,10,17H2. The van der Waals surface area contributed by atoms with Crippen molar-refractivity contribution >= 4 is 0 Å². The normalized spacial score (nSPS) is 27.6. The molecule has 2 fully saturated rings. The monoisotopic (exact) mass is 244 g/mol. The molecule has 2 N–H and O–H groups in total. The van der Waals surface area contributed by atoms with Gasteiger partial charge in [0.05, 0.1) is 0 Å². The van der Waals surface area contributed by atoms with Crippen LogP contribution in [0.5, 0.6) is 0 Å². The molecule has 1 atom stereocenters. The number of aromatic nitrogens is 1. The Morgan fingerprint density at radius 3 is 2.56 bits per heavy atom. The summed E-state index contributed by atoms with van der Waals surface area (Å²) >= 11 is 0. The van der Waals surface area contributed by atoms with Crippen LogP contribution in [-0.2, 0) is 13.0 Å². The summed E-state index contributed by atoms with van der Waals surface area (Å²) in [5.74, 6) is 3.07. The maximum absolute atomic E-state index is 6.22. The smallest absolute Gasteiger partial charge is 0.0312 e. The molecule has 0 radical (unpaired) electrons. The van der Waals surface area contributed by atoms with Gasteiger partial charge >= 0.3 is 0 Å². The number of nitrogens with two attached hydrogens (primary N) is 1. The Morgan fingerprint density at radius 1 is 1.17 bits per heavy atom. The summed E-state index contributed by atoms with van der Waals surface area (Å²) < 4.78 is 2.55. The van der Waals surface area contributed by atoms with Crippen LogP contribution in [0.1, 0.15) is 55.8 Å². The van der Waals surface area contributed by atoms with Crippen LogP contribution in [0.15, 0.2) is 12.3 Å². The maximum Gasteiger partial charge on any atom is 0.0312 e. The van der Waals surface area contributed by atoms with Crippen molar-refractivity contribution in [3.8, 4) is 0 Å². The highest BCUT2D eigenvalue weighted by atomic mass is 15.0. The zero-order valence-electron chi connectivity index (χ0n) is 11.1. The molecule has 4 rings (SSSR count). The Balaban J connectivity index is 1.57. The first kappa shape index (κ1) is 11.1. The third-order valence-corrected chi connectivity index (χ3v) is 5.30. The van der Waals surface area contributed by atoms with Crippen molar-refractivity contribution in [1.82, 2.24) is 4.57 Å². The predicted molar refractivity (Wildman–Crippen MR) is 73.2 cm³/mol. The van der Waals surface area contributed by atoms with Crippen molar-refractivity contribution in [1.29, 1.82) is 0 Å². The summed E-state index contributed by atoms with van der Waals surface area (Å²) in [4.78, 5) is 0. The lowest BCUT2D eigenvalue weighted by molar-refractivity contribution is 0.342. The molecule has 1 unspecified atom stereocenters. The highest BCUT2D eigenvalue weighted by Gasteiger charge is 2.41. The van der Waals surface area contributed by atoms with Gasteiger partial charge in [-0.3, -0.25) is 0 Å². The van der Waals surface area contributed by atoms with Crippen LogP contribution < -0.4 is 5.73 Å². The molecular formula is C16H24N2. The van der Waals surface area contributed by atoms with Crippen molar-refractivity contribution in [2.24, 2.45) is 23.5 Å². The van der Waals surface area contributed by atoms with Crippen molar-refractivity contribution in [3.63, 3.8) is 0 Å². The Bertz CT molecular complexity index is 428. The molecule has 0 aromatic carbocycles. The molecule has 0 saturated heterocycles. The van der Waals surface area contributed by atoms with E-state index in [0.29, 0.717) is 6.04 Å². The van der Waals surface area contributed by atoms with Crippen LogP contribution in [0.25, 0.3) is 0 Å². The Labute approximate surface area is 110 Å². The van der Waals surface area contributed by atoms with Gasteiger partial charge in [0.2, 0.25) is 0 Å². The van der Waals surface area contributed by atoms with Gasteiger partial charge in [0, 0.05) is 24.5 Å². The van der Waals surface area contributed by atoms with Gasteiger partial charge in [-0.1, -0.05) is 0 Å². The van der Waals surface area contributed by atoms with E-state index in [9.17, 15) is 0 Å². The fourth-order valence-electron chi connectivity index (χ4n) is 3.92. The number of fused-ring (bicyclic) bond motifs is 1. The summed E-state index contributed by atoms with van der Waals surface area (Å²) in [6.07, 6.45) is 12.0. The third-order valence-electron chi connectivity index (χ3n) is 5.30. The average molecular weight is 244 g/mol. The van der Waals surface area contributed by atoms with E-state index in [0.717, 1.165) is 17.8 Å². The molecule has 18 heavy (non-hydrogen) atoms. The van der Waals surface area contributed by atoms with Crippen molar-refractivity contribution in [3.05, 3.63) is 23.5 Å². The fraction of sp³-hybridized carbons (Fsp3) is 0.750. The highest BCUT2D eigenvalue weighted by molar-refractivity contribution is 5.28. The maximum atomic E-state index is 6.22. The molecule has 0 amide bonds. The minimum Gasteiger partial charge on any atom is -0.351 e.